The summed E-state index contributed by atoms with van der Waals surface area (Å²) in [4.78, 5) is 47.5. The van der Waals surface area contributed by atoms with Gasteiger partial charge in [0.2, 0.25) is 0 Å². The highest BCUT2D eigenvalue weighted by atomic mass is 16.6. The van der Waals surface area contributed by atoms with Gasteiger partial charge in [0.05, 0.1) is 131 Å². The summed E-state index contributed by atoms with van der Waals surface area (Å²) in [6.07, 6.45) is 7.64. The minimum Gasteiger partial charge on any atom is -0.487 e. The topological polar surface area (TPSA) is 194 Å². The van der Waals surface area contributed by atoms with E-state index in [4.69, 9.17) is 67.3 Å². The normalized spacial score (nSPS) is 12.4. The van der Waals surface area contributed by atoms with Crippen molar-refractivity contribution >= 4 is 56.3 Å². The molecule has 0 unspecified atom stereocenters. The SMILES string of the molecule is CCC1=C(CC)c2cc3[nH]c(cnc4cc(OCCOCCOCCOC)c(OCCOCCOCCOC)cc4ncc4nc(cc1n2)C(CCCOC(C)=O)=C4C)c(C)c3CCCOC(C)=O. The second-order valence-corrected chi connectivity index (χ2v) is 16.2. The number of carbonyl (C=O) groups is 2. The number of allylic oxidation sites excluding steroid dienone is 4. The van der Waals surface area contributed by atoms with Gasteiger partial charge < -0.3 is 52.4 Å². The molecular weight excluding hydrogens is 887 g/mol. The average Bonchev–Trinajstić information content (AvgIpc) is 3.93. The molecule has 17 nitrogen and oxygen atoms in total. The van der Waals surface area contributed by atoms with Crippen LogP contribution in [0, 0.1) is 6.92 Å². The number of H-pyrrole nitrogens is 1. The fourth-order valence-corrected chi connectivity index (χ4v) is 7.82. The molecule has 0 fully saturated rings. The molecule has 0 amide bonds. The molecule has 0 radical (unpaired) electrons. The first kappa shape index (κ1) is 54.4. The van der Waals surface area contributed by atoms with E-state index in [1.165, 1.54) is 19.4 Å². The van der Waals surface area contributed by atoms with Gasteiger partial charge >= 0.3 is 11.9 Å². The van der Waals surface area contributed by atoms with Crippen molar-refractivity contribution in [3.8, 4) is 11.5 Å². The number of methoxy groups -OCH3 is 2. The zero-order valence-electron chi connectivity index (χ0n) is 41.8. The van der Waals surface area contributed by atoms with E-state index in [1.807, 2.05) is 19.1 Å². The Labute approximate surface area is 405 Å². The highest BCUT2D eigenvalue weighted by Gasteiger charge is 2.22. The van der Waals surface area contributed by atoms with Crippen LogP contribution >= 0.6 is 0 Å². The molecule has 2 aliphatic rings. The van der Waals surface area contributed by atoms with Crippen molar-refractivity contribution in [2.24, 2.45) is 0 Å². The Balaban J connectivity index is 1.67. The van der Waals surface area contributed by atoms with E-state index in [-0.39, 0.29) is 25.2 Å². The molecule has 69 heavy (non-hydrogen) atoms. The van der Waals surface area contributed by atoms with Crippen LogP contribution in [0.1, 0.15) is 101 Å². The number of benzene rings is 1. The van der Waals surface area contributed by atoms with Gasteiger partial charge in [0.1, 0.15) is 13.2 Å². The lowest BCUT2D eigenvalue weighted by Crippen LogP contribution is -2.14. The third-order valence-corrected chi connectivity index (χ3v) is 11.4. The van der Waals surface area contributed by atoms with Crippen LogP contribution in [-0.4, -0.2) is 144 Å². The fourth-order valence-electron chi connectivity index (χ4n) is 7.82. The molecule has 1 aromatic carbocycles. The molecule has 3 aromatic rings. The average molecular weight is 958 g/mol. The zero-order chi connectivity index (χ0) is 49.4. The number of esters is 2. The predicted molar refractivity (Wildman–Crippen MR) is 265 cm³/mol. The summed E-state index contributed by atoms with van der Waals surface area (Å²) in [5.74, 6) is 0.267. The monoisotopic (exact) mass is 958 g/mol. The minimum atomic E-state index is -0.316. The van der Waals surface area contributed by atoms with E-state index in [1.54, 1.807) is 26.6 Å². The summed E-state index contributed by atoms with van der Waals surface area (Å²) in [5, 5.41) is 0. The molecule has 6 bridgehead atoms. The highest BCUT2D eigenvalue weighted by Crippen LogP contribution is 2.38. The number of hydrogen-bond donors (Lipinski definition) is 1. The van der Waals surface area contributed by atoms with E-state index in [9.17, 15) is 9.59 Å². The summed E-state index contributed by atoms with van der Waals surface area (Å²) in [5.41, 5.74) is 12.3. The van der Waals surface area contributed by atoms with E-state index in [2.05, 4.69) is 37.9 Å². The van der Waals surface area contributed by atoms with E-state index in [0.717, 1.165) is 68.8 Å². The van der Waals surface area contributed by atoms with Crippen molar-refractivity contribution in [2.75, 3.05) is 107 Å². The Morgan fingerprint density at radius 1 is 0.522 bits per heavy atom. The largest absolute Gasteiger partial charge is 0.487 e. The quantitative estimate of drug-likeness (QED) is 0.0495. The standard InChI is InChI=1S/C52H71N5O12/c1-9-39-40(10-2)44-30-46-42(14-12-16-67-38(6)59)36(4)50(57-46)34-54-48-32-52(69-28-26-65-24-22-63-20-18-61-8)51(68-27-25-64-23-21-62-19-17-60-7)31-47(48)53-33-49-35(3)41(13-11-15-66-37(5)58)45(56-49)29-43(39)55-44/h29-34,56H,9-28H2,1-8H3. The molecule has 0 atom stereocenters. The van der Waals surface area contributed by atoms with Crippen LogP contribution < -0.4 is 9.47 Å². The van der Waals surface area contributed by atoms with Crippen LogP contribution in [0.15, 0.2) is 36.7 Å². The molecule has 17 heteroatoms. The van der Waals surface area contributed by atoms with Gasteiger partial charge in [-0.1, -0.05) is 13.8 Å². The van der Waals surface area contributed by atoms with Gasteiger partial charge in [0, 0.05) is 45.7 Å². The van der Waals surface area contributed by atoms with Gasteiger partial charge in [-0.15, -0.1) is 0 Å². The van der Waals surface area contributed by atoms with Crippen molar-refractivity contribution in [1.29, 1.82) is 0 Å². The number of nitrogens with one attached hydrogen (secondary N) is 1. The molecule has 1 N–H and O–H groups in total. The van der Waals surface area contributed by atoms with Crippen LogP contribution in [0.25, 0.3) is 44.4 Å². The van der Waals surface area contributed by atoms with Crippen LogP contribution in [0.3, 0.4) is 0 Å². The number of aryl methyl sites for hydroxylation is 2. The van der Waals surface area contributed by atoms with E-state index >= 15 is 0 Å². The van der Waals surface area contributed by atoms with Crippen molar-refractivity contribution in [3.05, 3.63) is 70.6 Å². The predicted octanol–water partition coefficient (Wildman–Crippen LogP) is 8.26. The van der Waals surface area contributed by atoms with Gasteiger partial charge in [-0.05, 0) is 97.9 Å². The van der Waals surface area contributed by atoms with E-state index in [0.29, 0.717) is 133 Å². The maximum absolute atomic E-state index is 11.7. The second-order valence-electron chi connectivity index (χ2n) is 16.2. The molecule has 0 saturated carbocycles. The first-order valence-electron chi connectivity index (χ1n) is 23.9. The first-order valence-corrected chi connectivity index (χ1v) is 23.9. The lowest BCUT2D eigenvalue weighted by Gasteiger charge is -2.14. The third-order valence-electron chi connectivity index (χ3n) is 11.4. The van der Waals surface area contributed by atoms with Gasteiger partial charge in [-0.25, -0.2) is 9.97 Å². The summed E-state index contributed by atoms with van der Waals surface area (Å²) in [6, 6.07) is 7.82. The number of aromatic amines is 1. The fraction of sp³-hybridized carbons (Fsp3) is 0.538. The maximum atomic E-state index is 11.7. The number of carbonyl (C=O) groups excluding carboxylic acids is 2. The van der Waals surface area contributed by atoms with Gasteiger partial charge in [0.15, 0.2) is 11.5 Å². The van der Waals surface area contributed by atoms with Crippen molar-refractivity contribution in [3.63, 3.8) is 0 Å². The summed E-state index contributed by atoms with van der Waals surface area (Å²) < 4.78 is 56.1. The number of aromatic nitrogens is 5. The molecule has 2 aromatic heterocycles. The molecule has 376 valence electrons. The number of fused-ring (bicyclic) bond motifs is 7. The number of ether oxygens (including phenoxy) is 10. The lowest BCUT2D eigenvalue weighted by molar-refractivity contribution is -0.142. The van der Waals surface area contributed by atoms with Crippen LogP contribution in [0.5, 0.6) is 11.5 Å². The Kier molecular flexibility index (Phi) is 23.2. The Bertz CT molecular complexity index is 2430. The van der Waals surface area contributed by atoms with Crippen LogP contribution in [0.4, 0.5) is 0 Å². The molecule has 0 saturated heterocycles. The Morgan fingerprint density at radius 2 is 0.986 bits per heavy atom. The summed E-state index contributed by atoms with van der Waals surface area (Å²) in [7, 11) is 3.27. The van der Waals surface area contributed by atoms with E-state index < -0.39 is 0 Å². The third kappa shape index (κ3) is 16.8. The molecular formula is C52H71N5O12. The number of hydrogen-bond acceptors (Lipinski definition) is 16. The minimum absolute atomic E-state index is 0.229. The number of rotatable bonds is 30. The second kappa shape index (κ2) is 29.5. The Hall–Kier alpha value is -5.56. The molecule has 5 rings (SSSR count). The van der Waals surface area contributed by atoms with Crippen molar-refractivity contribution in [2.45, 2.75) is 80.1 Å². The summed E-state index contributed by atoms with van der Waals surface area (Å²) in [6.45, 7) is 16.6. The smallest absolute Gasteiger partial charge is 0.302 e. The van der Waals surface area contributed by atoms with Crippen molar-refractivity contribution < 1.29 is 57.0 Å². The molecule has 0 spiro atoms. The van der Waals surface area contributed by atoms with Gasteiger partial charge in [0.25, 0.3) is 0 Å². The lowest BCUT2D eigenvalue weighted by atomic mass is 9.98. The maximum Gasteiger partial charge on any atom is 0.302 e. The van der Waals surface area contributed by atoms with Crippen LogP contribution in [0.2, 0.25) is 0 Å². The van der Waals surface area contributed by atoms with Crippen molar-refractivity contribution in [1.82, 2.24) is 24.9 Å². The highest BCUT2D eigenvalue weighted by molar-refractivity contribution is 5.95. The van der Waals surface area contributed by atoms with Gasteiger partial charge in [-0.3, -0.25) is 19.6 Å². The zero-order valence-corrected chi connectivity index (χ0v) is 41.8. The van der Waals surface area contributed by atoms with Crippen LogP contribution in [-0.2, 0) is 53.9 Å². The number of nitrogens with zero attached hydrogens (tertiary/aromatic N) is 4. The molecule has 2 aliphatic heterocycles. The first-order chi connectivity index (χ1) is 33.6. The van der Waals surface area contributed by atoms with Gasteiger partial charge in [-0.2, -0.15) is 0 Å². The molecule has 4 heterocycles. The summed E-state index contributed by atoms with van der Waals surface area (Å²) >= 11 is 0. The Morgan fingerprint density at radius 3 is 1.51 bits per heavy atom. The molecule has 0 aliphatic carbocycles.